The van der Waals surface area contributed by atoms with Crippen molar-refractivity contribution in [3.05, 3.63) is 27.2 Å². The minimum Gasteiger partial charge on any atom is -0.336 e. The Balaban J connectivity index is 2.43. The number of rotatable bonds is 1. The number of nitrogens with zero attached hydrogens (tertiary/aromatic N) is 1. The predicted molar refractivity (Wildman–Crippen MR) is 62.2 cm³/mol. The molecule has 0 aromatic heterocycles. The monoisotopic (exact) mass is 264 g/mol. The first-order valence-electron chi connectivity index (χ1n) is 4.29. The second kappa shape index (κ2) is 4.08. The molecule has 2 amide bonds. The van der Waals surface area contributed by atoms with E-state index in [4.69, 9.17) is 34.8 Å². The first-order valence-corrected chi connectivity index (χ1v) is 5.43. The summed E-state index contributed by atoms with van der Waals surface area (Å²) in [5.74, 6) is 0. The van der Waals surface area contributed by atoms with Gasteiger partial charge >= 0.3 is 6.03 Å². The molecular formula is C9H7Cl3N2O. The molecule has 2 rings (SSSR count). The summed E-state index contributed by atoms with van der Waals surface area (Å²) in [6.45, 7) is 1.19. The molecule has 1 heterocycles. The molecule has 0 bridgehead atoms. The van der Waals surface area contributed by atoms with Crippen molar-refractivity contribution in [2.45, 2.75) is 0 Å². The van der Waals surface area contributed by atoms with Crippen LogP contribution in [0.1, 0.15) is 0 Å². The molecular weight excluding hydrogens is 258 g/mol. The fraction of sp³-hybridized carbons (Fsp3) is 0.222. The third-order valence-corrected chi connectivity index (χ3v) is 3.16. The van der Waals surface area contributed by atoms with Crippen molar-refractivity contribution in [1.29, 1.82) is 0 Å². The summed E-state index contributed by atoms with van der Waals surface area (Å²) >= 11 is 17.6. The van der Waals surface area contributed by atoms with Gasteiger partial charge in [-0.05, 0) is 12.1 Å². The van der Waals surface area contributed by atoms with Crippen LogP contribution in [0, 0.1) is 0 Å². The van der Waals surface area contributed by atoms with E-state index in [9.17, 15) is 4.79 Å². The molecule has 0 aliphatic carbocycles. The second-order valence-electron chi connectivity index (χ2n) is 3.10. The van der Waals surface area contributed by atoms with Gasteiger partial charge in [-0.15, -0.1) is 0 Å². The van der Waals surface area contributed by atoms with E-state index in [1.807, 2.05) is 0 Å². The van der Waals surface area contributed by atoms with Crippen molar-refractivity contribution < 1.29 is 4.79 Å². The zero-order valence-corrected chi connectivity index (χ0v) is 9.83. The normalized spacial score (nSPS) is 15.7. The van der Waals surface area contributed by atoms with Gasteiger partial charge in [-0.3, -0.25) is 4.90 Å². The van der Waals surface area contributed by atoms with Crippen molar-refractivity contribution >= 4 is 46.5 Å². The Hall–Kier alpha value is -0.640. The van der Waals surface area contributed by atoms with Gasteiger partial charge in [-0.2, -0.15) is 0 Å². The van der Waals surface area contributed by atoms with Gasteiger partial charge in [0.25, 0.3) is 0 Å². The van der Waals surface area contributed by atoms with Crippen molar-refractivity contribution in [1.82, 2.24) is 5.32 Å². The molecule has 6 heteroatoms. The minimum absolute atomic E-state index is 0.171. The van der Waals surface area contributed by atoms with Crippen LogP contribution < -0.4 is 10.2 Å². The van der Waals surface area contributed by atoms with Gasteiger partial charge in [0, 0.05) is 13.1 Å². The van der Waals surface area contributed by atoms with Gasteiger partial charge in [-0.25, -0.2) is 4.79 Å². The highest BCUT2D eigenvalue weighted by Gasteiger charge is 2.23. The molecule has 0 spiro atoms. The van der Waals surface area contributed by atoms with E-state index >= 15 is 0 Å². The van der Waals surface area contributed by atoms with E-state index in [0.29, 0.717) is 33.8 Å². The fourth-order valence-electron chi connectivity index (χ4n) is 1.42. The lowest BCUT2D eigenvalue weighted by molar-refractivity contribution is 0.252. The highest BCUT2D eigenvalue weighted by molar-refractivity contribution is 6.44. The highest BCUT2D eigenvalue weighted by Crippen LogP contribution is 2.34. The largest absolute Gasteiger partial charge is 0.336 e. The van der Waals surface area contributed by atoms with E-state index in [0.717, 1.165) is 0 Å². The Kier molecular flexibility index (Phi) is 2.96. The second-order valence-corrected chi connectivity index (χ2v) is 4.32. The quantitative estimate of drug-likeness (QED) is 0.777. The summed E-state index contributed by atoms with van der Waals surface area (Å²) in [7, 11) is 0. The molecule has 0 atom stereocenters. The van der Waals surface area contributed by atoms with Crippen molar-refractivity contribution in [3.8, 4) is 0 Å². The number of carbonyl (C=O) groups is 1. The van der Waals surface area contributed by atoms with Crippen LogP contribution in [-0.4, -0.2) is 19.1 Å². The van der Waals surface area contributed by atoms with Crippen LogP contribution in [0.4, 0.5) is 10.5 Å². The van der Waals surface area contributed by atoms with E-state index in [2.05, 4.69) is 5.32 Å². The van der Waals surface area contributed by atoms with E-state index < -0.39 is 0 Å². The van der Waals surface area contributed by atoms with Gasteiger partial charge in [0.1, 0.15) is 0 Å². The first kappa shape index (κ1) is 10.9. The number of urea groups is 1. The lowest BCUT2D eigenvalue weighted by atomic mass is 10.3. The predicted octanol–water partition coefficient (Wildman–Crippen LogP) is 3.18. The molecule has 0 unspecified atom stereocenters. The lowest BCUT2D eigenvalue weighted by Crippen LogP contribution is -2.27. The summed E-state index contributed by atoms with van der Waals surface area (Å²) in [5, 5.41) is 3.86. The van der Waals surface area contributed by atoms with Crippen molar-refractivity contribution in [2.75, 3.05) is 18.0 Å². The maximum atomic E-state index is 11.4. The molecule has 3 nitrogen and oxygen atoms in total. The Bertz CT molecular complexity index is 422. The van der Waals surface area contributed by atoms with Crippen LogP contribution in [0.3, 0.4) is 0 Å². The summed E-state index contributed by atoms with van der Waals surface area (Å²) in [6, 6.07) is 2.96. The SMILES string of the molecule is O=C1NCCN1c1cc(Cl)c(Cl)cc1Cl. The van der Waals surface area contributed by atoms with Crippen LogP contribution in [-0.2, 0) is 0 Å². The number of nitrogens with one attached hydrogen (secondary N) is 1. The maximum absolute atomic E-state index is 11.4. The van der Waals surface area contributed by atoms with E-state index in [1.165, 1.54) is 11.0 Å². The average molecular weight is 266 g/mol. The Labute approximate surface area is 102 Å². The number of anilines is 1. The van der Waals surface area contributed by atoms with Crippen molar-refractivity contribution in [2.24, 2.45) is 0 Å². The number of halogens is 3. The zero-order valence-electron chi connectivity index (χ0n) is 7.56. The summed E-state index contributed by atoms with van der Waals surface area (Å²) in [5.41, 5.74) is 0.584. The third-order valence-electron chi connectivity index (χ3n) is 2.14. The Morgan fingerprint density at radius 1 is 1.13 bits per heavy atom. The summed E-state index contributed by atoms with van der Waals surface area (Å²) in [6.07, 6.45) is 0. The number of hydrogen-bond acceptors (Lipinski definition) is 1. The van der Waals surface area contributed by atoms with Crippen molar-refractivity contribution in [3.63, 3.8) is 0 Å². The van der Waals surface area contributed by atoms with Gasteiger partial charge in [-0.1, -0.05) is 34.8 Å². The number of amides is 2. The van der Waals surface area contributed by atoms with Crippen LogP contribution in [0.5, 0.6) is 0 Å². The van der Waals surface area contributed by atoms with Crippen LogP contribution in [0.2, 0.25) is 15.1 Å². The van der Waals surface area contributed by atoms with E-state index in [1.54, 1.807) is 6.07 Å². The fourth-order valence-corrected chi connectivity index (χ4v) is 2.06. The number of hydrogen-bond donors (Lipinski definition) is 1. The van der Waals surface area contributed by atoms with Gasteiger partial charge in [0.05, 0.1) is 20.8 Å². The van der Waals surface area contributed by atoms with Crippen LogP contribution >= 0.6 is 34.8 Å². The molecule has 1 aromatic carbocycles. The molecule has 0 radical (unpaired) electrons. The minimum atomic E-state index is -0.171. The van der Waals surface area contributed by atoms with Crippen LogP contribution in [0.15, 0.2) is 12.1 Å². The molecule has 1 N–H and O–H groups in total. The highest BCUT2D eigenvalue weighted by atomic mass is 35.5. The smallest absolute Gasteiger partial charge is 0.322 e. The molecule has 1 fully saturated rings. The van der Waals surface area contributed by atoms with Gasteiger partial charge in [0.15, 0.2) is 0 Å². The molecule has 0 saturated carbocycles. The number of benzene rings is 1. The molecule has 1 saturated heterocycles. The van der Waals surface area contributed by atoms with Gasteiger partial charge in [0.2, 0.25) is 0 Å². The van der Waals surface area contributed by atoms with E-state index in [-0.39, 0.29) is 6.03 Å². The lowest BCUT2D eigenvalue weighted by Gasteiger charge is -2.16. The standard InChI is InChI=1S/C9H7Cl3N2O/c10-5-3-7(12)8(4-6(5)11)14-2-1-13-9(14)15/h3-4H,1-2H2,(H,13,15). The molecule has 15 heavy (non-hydrogen) atoms. The zero-order chi connectivity index (χ0) is 11.0. The maximum Gasteiger partial charge on any atom is 0.322 e. The van der Waals surface area contributed by atoms with Crippen LogP contribution in [0.25, 0.3) is 0 Å². The average Bonchev–Trinajstić information content (AvgIpc) is 2.58. The first-order chi connectivity index (χ1) is 7.09. The van der Waals surface area contributed by atoms with Gasteiger partial charge < -0.3 is 5.32 Å². The topological polar surface area (TPSA) is 32.3 Å². The Morgan fingerprint density at radius 2 is 1.80 bits per heavy atom. The Morgan fingerprint density at radius 3 is 2.40 bits per heavy atom. The molecule has 1 aliphatic heterocycles. The third kappa shape index (κ3) is 2.00. The summed E-state index contributed by atoms with van der Waals surface area (Å²) < 4.78 is 0. The molecule has 1 aliphatic rings. The molecule has 1 aromatic rings. The summed E-state index contributed by atoms with van der Waals surface area (Å²) in [4.78, 5) is 12.9. The molecule has 80 valence electrons. The number of carbonyl (C=O) groups excluding carboxylic acids is 1.